The number of nitrogens with two attached hydrogens (primary N) is 1. The van der Waals surface area contributed by atoms with Gasteiger partial charge in [-0.3, -0.25) is 0 Å². The largest absolute Gasteiger partial charge is 0.494 e. The van der Waals surface area contributed by atoms with E-state index in [2.05, 4.69) is 4.99 Å². The Kier molecular flexibility index (Phi) is 3.07. The molecule has 2 N–H and O–H groups in total. The first-order valence-electron chi connectivity index (χ1n) is 4.98. The molecule has 0 spiro atoms. The first-order valence-corrected chi connectivity index (χ1v) is 4.98. The van der Waals surface area contributed by atoms with Crippen molar-refractivity contribution in [1.82, 2.24) is 0 Å². The van der Waals surface area contributed by atoms with Gasteiger partial charge in [0, 0.05) is 6.42 Å². The normalized spacial score (nSPS) is 19.5. The van der Waals surface area contributed by atoms with Crippen LogP contribution in [-0.4, -0.2) is 25.3 Å². The first-order chi connectivity index (χ1) is 7.34. The van der Waals surface area contributed by atoms with Gasteiger partial charge >= 0.3 is 0 Å². The van der Waals surface area contributed by atoms with Gasteiger partial charge in [0.1, 0.15) is 12.4 Å². The lowest BCUT2D eigenvalue weighted by molar-refractivity contribution is 0.263. The highest BCUT2D eigenvalue weighted by atomic mass is 16.5. The SMILES string of the molecule is NC1=N[C@@H](CCOc2ccccc2)CO1. The number of ether oxygens (including phenoxy) is 2. The van der Waals surface area contributed by atoms with Crippen LogP contribution >= 0.6 is 0 Å². The van der Waals surface area contributed by atoms with Crippen LogP contribution in [0.25, 0.3) is 0 Å². The molecule has 80 valence electrons. The Labute approximate surface area is 88.7 Å². The standard InChI is InChI=1S/C11H14N2O2/c12-11-13-9(8-15-11)6-7-14-10-4-2-1-3-5-10/h1-5,9H,6-8H2,(H2,12,13)/t9-/m0/s1. The second-order valence-corrected chi connectivity index (χ2v) is 3.38. The molecular formula is C11H14N2O2. The van der Waals surface area contributed by atoms with Crippen molar-refractivity contribution in [3.63, 3.8) is 0 Å². The lowest BCUT2D eigenvalue weighted by atomic mass is 10.2. The summed E-state index contributed by atoms with van der Waals surface area (Å²) in [6.45, 7) is 1.21. The smallest absolute Gasteiger partial charge is 0.282 e. The van der Waals surface area contributed by atoms with Gasteiger partial charge in [-0.15, -0.1) is 0 Å². The van der Waals surface area contributed by atoms with Crippen LogP contribution in [0.2, 0.25) is 0 Å². The molecule has 1 aliphatic rings. The number of rotatable bonds is 4. The van der Waals surface area contributed by atoms with Crippen molar-refractivity contribution in [3.8, 4) is 5.75 Å². The van der Waals surface area contributed by atoms with Gasteiger partial charge in [0.15, 0.2) is 0 Å². The van der Waals surface area contributed by atoms with E-state index in [1.807, 2.05) is 30.3 Å². The molecule has 1 aliphatic heterocycles. The maximum atomic E-state index is 5.54. The minimum atomic E-state index is 0.147. The molecule has 4 heteroatoms. The van der Waals surface area contributed by atoms with Crippen molar-refractivity contribution in [1.29, 1.82) is 0 Å². The molecule has 4 nitrogen and oxygen atoms in total. The summed E-state index contributed by atoms with van der Waals surface area (Å²) in [5.74, 6) is 0.883. The molecule has 1 aromatic rings. The predicted octanol–water partition coefficient (Wildman–Crippen LogP) is 1.17. The minimum absolute atomic E-state index is 0.147. The van der Waals surface area contributed by atoms with E-state index in [1.54, 1.807) is 0 Å². The number of hydrogen-bond donors (Lipinski definition) is 1. The van der Waals surface area contributed by atoms with Crippen molar-refractivity contribution < 1.29 is 9.47 Å². The highest BCUT2D eigenvalue weighted by molar-refractivity contribution is 5.72. The fraction of sp³-hybridized carbons (Fsp3) is 0.364. The zero-order chi connectivity index (χ0) is 10.5. The van der Waals surface area contributed by atoms with E-state index in [0.717, 1.165) is 12.2 Å². The minimum Gasteiger partial charge on any atom is -0.494 e. The molecule has 2 rings (SSSR count). The van der Waals surface area contributed by atoms with Gasteiger partial charge in [0.2, 0.25) is 0 Å². The van der Waals surface area contributed by atoms with Gasteiger partial charge in [-0.1, -0.05) is 18.2 Å². The number of para-hydroxylation sites is 1. The van der Waals surface area contributed by atoms with Crippen molar-refractivity contribution in [2.24, 2.45) is 10.7 Å². The summed E-state index contributed by atoms with van der Waals surface area (Å²) in [5, 5.41) is 0. The van der Waals surface area contributed by atoms with E-state index in [0.29, 0.717) is 19.2 Å². The van der Waals surface area contributed by atoms with Crippen LogP contribution in [0.5, 0.6) is 5.75 Å². The van der Waals surface area contributed by atoms with Crippen molar-refractivity contribution in [2.45, 2.75) is 12.5 Å². The van der Waals surface area contributed by atoms with Crippen molar-refractivity contribution in [2.75, 3.05) is 13.2 Å². The second-order valence-electron chi connectivity index (χ2n) is 3.38. The zero-order valence-corrected chi connectivity index (χ0v) is 8.43. The number of amidine groups is 1. The Hall–Kier alpha value is -1.71. The van der Waals surface area contributed by atoms with Crippen LogP contribution in [0, 0.1) is 0 Å². The number of benzene rings is 1. The van der Waals surface area contributed by atoms with Crippen molar-refractivity contribution >= 4 is 6.02 Å². The van der Waals surface area contributed by atoms with E-state index < -0.39 is 0 Å². The Morgan fingerprint density at radius 3 is 2.87 bits per heavy atom. The highest BCUT2D eigenvalue weighted by Gasteiger charge is 2.16. The first kappa shape index (κ1) is 9.83. The third-order valence-electron chi connectivity index (χ3n) is 2.20. The van der Waals surface area contributed by atoms with Gasteiger partial charge in [0.05, 0.1) is 12.6 Å². The van der Waals surface area contributed by atoms with E-state index in [1.165, 1.54) is 0 Å². The molecule has 0 aromatic heterocycles. The summed E-state index contributed by atoms with van der Waals surface area (Å²) in [6.07, 6.45) is 0.829. The van der Waals surface area contributed by atoms with Crippen molar-refractivity contribution in [3.05, 3.63) is 30.3 Å². The molecule has 0 saturated heterocycles. The fourth-order valence-electron chi connectivity index (χ4n) is 1.41. The molecule has 1 atom stereocenters. The summed E-state index contributed by atoms with van der Waals surface area (Å²) in [7, 11) is 0. The molecule has 0 unspecified atom stereocenters. The number of nitrogens with zero attached hydrogens (tertiary/aromatic N) is 1. The molecule has 0 radical (unpaired) electrons. The molecule has 0 fully saturated rings. The van der Waals surface area contributed by atoms with E-state index >= 15 is 0 Å². The van der Waals surface area contributed by atoms with Crippen LogP contribution in [0.3, 0.4) is 0 Å². The quantitative estimate of drug-likeness (QED) is 0.804. The Bertz CT molecular complexity index is 338. The van der Waals surface area contributed by atoms with Crippen LogP contribution in [0.4, 0.5) is 0 Å². The third kappa shape index (κ3) is 2.87. The van der Waals surface area contributed by atoms with Gasteiger partial charge in [-0.25, -0.2) is 4.99 Å². The number of hydrogen-bond acceptors (Lipinski definition) is 4. The van der Waals surface area contributed by atoms with Crippen LogP contribution in [0.1, 0.15) is 6.42 Å². The Morgan fingerprint density at radius 1 is 1.40 bits per heavy atom. The van der Waals surface area contributed by atoms with Gasteiger partial charge in [-0.05, 0) is 12.1 Å². The number of aliphatic imine (C=N–C) groups is 1. The summed E-state index contributed by atoms with van der Waals surface area (Å²) in [6, 6.07) is 10.2. The molecule has 0 amide bonds. The lowest BCUT2D eigenvalue weighted by Gasteiger charge is -2.07. The molecule has 0 bridgehead atoms. The van der Waals surface area contributed by atoms with E-state index in [4.69, 9.17) is 15.2 Å². The molecule has 1 aromatic carbocycles. The molecular weight excluding hydrogens is 192 g/mol. The fourth-order valence-corrected chi connectivity index (χ4v) is 1.41. The monoisotopic (exact) mass is 206 g/mol. The Balaban J connectivity index is 1.72. The second kappa shape index (κ2) is 4.68. The lowest BCUT2D eigenvalue weighted by Crippen LogP contribution is -2.12. The Morgan fingerprint density at radius 2 is 2.20 bits per heavy atom. The highest BCUT2D eigenvalue weighted by Crippen LogP contribution is 2.11. The van der Waals surface area contributed by atoms with Crippen LogP contribution < -0.4 is 10.5 Å². The van der Waals surface area contributed by atoms with Gasteiger partial charge in [0.25, 0.3) is 6.02 Å². The van der Waals surface area contributed by atoms with Gasteiger partial charge in [-0.2, -0.15) is 0 Å². The summed E-state index contributed by atoms with van der Waals surface area (Å²) >= 11 is 0. The third-order valence-corrected chi connectivity index (χ3v) is 2.20. The summed E-state index contributed by atoms with van der Waals surface area (Å²) in [5.41, 5.74) is 5.39. The van der Waals surface area contributed by atoms with Gasteiger partial charge < -0.3 is 15.2 Å². The topological polar surface area (TPSA) is 56.8 Å². The van der Waals surface area contributed by atoms with E-state index in [9.17, 15) is 0 Å². The average Bonchev–Trinajstić information content (AvgIpc) is 2.66. The zero-order valence-electron chi connectivity index (χ0n) is 8.43. The summed E-state index contributed by atoms with van der Waals surface area (Å²) in [4.78, 5) is 4.11. The molecule has 15 heavy (non-hydrogen) atoms. The van der Waals surface area contributed by atoms with Crippen LogP contribution in [0.15, 0.2) is 35.3 Å². The summed E-state index contributed by atoms with van der Waals surface area (Å²) < 4.78 is 10.6. The molecule has 0 saturated carbocycles. The van der Waals surface area contributed by atoms with E-state index in [-0.39, 0.29) is 6.04 Å². The molecule has 0 aliphatic carbocycles. The maximum absolute atomic E-state index is 5.54. The predicted molar refractivity (Wildman–Crippen MR) is 57.9 cm³/mol. The van der Waals surface area contributed by atoms with Crippen LogP contribution in [-0.2, 0) is 4.74 Å². The molecule has 1 heterocycles. The average molecular weight is 206 g/mol. The maximum Gasteiger partial charge on any atom is 0.282 e.